The molecule has 0 aliphatic carbocycles. The van der Waals surface area contributed by atoms with Crippen molar-refractivity contribution >= 4 is 10.9 Å². The van der Waals surface area contributed by atoms with Gasteiger partial charge in [-0.3, -0.25) is 4.98 Å². The third-order valence-electron chi connectivity index (χ3n) is 5.11. The molecule has 1 nitrogen and oxygen atoms in total. The molecule has 0 N–H and O–H groups in total. The van der Waals surface area contributed by atoms with Crippen LogP contribution in [-0.2, 0) is 5.41 Å². The van der Waals surface area contributed by atoms with E-state index in [2.05, 4.69) is 84.9 Å². The zero-order chi connectivity index (χ0) is 15.2. The van der Waals surface area contributed by atoms with E-state index >= 15 is 0 Å². The summed E-state index contributed by atoms with van der Waals surface area (Å²) in [5.74, 6) is 0. The van der Waals surface area contributed by atoms with Crippen LogP contribution < -0.4 is 0 Å². The first-order valence-electron chi connectivity index (χ1n) is 7.44. The van der Waals surface area contributed by atoms with Gasteiger partial charge in [-0.15, -0.1) is 0 Å². The molecule has 0 aliphatic heterocycles. The molecule has 1 heterocycles. The second kappa shape index (κ2) is 4.58. The number of pyridine rings is 1. The molecule has 0 saturated heterocycles. The highest BCUT2D eigenvalue weighted by Gasteiger charge is 2.48. The van der Waals surface area contributed by atoms with Crippen LogP contribution in [-0.4, -0.2) is 4.98 Å². The van der Waals surface area contributed by atoms with Gasteiger partial charge in [-0.2, -0.15) is 0 Å². The lowest BCUT2D eigenvalue weighted by Gasteiger charge is -2.51. The molecular formula is C19H27N. The lowest BCUT2D eigenvalue weighted by molar-refractivity contribution is 0.0656. The molecule has 0 fully saturated rings. The molecule has 1 aromatic carbocycles. The maximum Gasteiger partial charge on any atom is 0.0705 e. The topological polar surface area (TPSA) is 12.9 Å². The van der Waals surface area contributed by atoms with Crippen molar-refractivity contribution < 1.29 is 0 Å². The number of hydrogen-bond acceptors (Lipinski definition) is 1. The molecule has 108 valence electrons. The van der Waals surface area contributed by atoms with E-state index in [1.54, 1.807) is 0 Å². The Morgan fingerprint density at radius 1 is 0.700 bits per heavy atom. The standard InChI is InChI=1S/C19H27N/c1-17(2,3)19(7,18(4,5)6)16-13-12-14-10-8-9-11-15(14)20-16/h8-13H,1-7H3. The van der Waals surface area contributed by atoms with E-state index in [4.69, 9.17) is 4.98 Å². The highest BCUT2D eigenvalue weighted by Crippen LogP contribution is 2.52. The van der Waals surface area contributed by atoms with E-state index in [0.29, 0.717) is 0 Å². The van der Waals surface area contributed by atoms with Crippen molar-refractivity contribution in [1.29, 1.82) is 0 Å². The molecule has 2 aromatic rings. The van der Waals surface area contributed by atoms with Crippen molar-refractivity contribution in [3.8, 4) is 0 Å². The van der Waals surface area contributed by atoms with Gasteiger partial charge < -0.3 is 0 Å². The molecule has 1 aromatic heterocycles. The number of aromatic nitrogens is 1. The van der Waals surface area contributed by atoms with Crippen LogP contribution in [0.15, 0.2) is 36.4 Å². The van der Waals surface area contributed by atoms with Crippen LogP contribution in [0.3, 0.4) is 0 Å². The van der Waals surface area contributed by atoms with Crippen molar-refractivity contribution in [2.75, 3.05) is 0 Å². The molecule has 0 bridgehead atoms. The number of fused-ring (bicyclic) bond motifs is 1. The van der Waals surface area contributed by atoms with Gasteiger partial charge in [0, 0.05) is 16.5 Å². The minimum Gasteiger partial charge on any atom is -0.252 e. The fourth-order valence-corrected chi connectivity index (χ4v) is 3.24. The Morgan fingerprint density at radius 3 is 1.80 bits per heavy atom. The summed E-state index contributed by atoms with van der Waals surface area (Å²) in [4.78, 5) is 4.98. The second-order valence-corrected chi connectivity index (χ2v) is 8.01. The third kappa shape index (κ3) is 2.24. The molecule has 0 spiro atoms. The number of rotatable bonds is 1. The van der Waals surface area contributed by atoms with Crippen LogP contribution in [0.25, 0.3) is 10.9 Å². The fraction of sp³-hybridized carbons (Fsp3) is 0.526. The van der Waals surface area contributed by atoms with Crippen LogP contribution in [0.5, 0.6) is 0 Å². The Hall–Kier alpha value is -1.37. The molecular weight excluding hydrogens is 242 g/mol. The average molecular weight is 269 g/mol. The first-order chi connectivity index (χ1) is 9.07. The van der Waals surface area contributed by atoms with Gasteiger partial charge in [0.2, 0.25) is 0 Å². The summed E-state index contributed by atoms with van der Waals surface area (Å²) in [6, 6.07) is 12.8. The summed E-state index contributed by atoms with van der Waals surface area (Å²) in [6.07, 6.45) is 0. The predicted octanol–water partition coefficient (Wildman–Crippen LogP) is 5.58. The Morgan fingerprint density at radius 2 is 1.25 bits per heavy atom. The monoisotopic (exact) mass is 269 g/mol. The fourth-order valence-electron chi connectivity index (χ4n) is 3.24. The minimum absolute atomic E-state index is 0.00400. The van der Waals surface area contributed by atoms with Crippen LogP contribution in [0.1, 0.15) is 54.2 Å². The lowest BCUT2D eigenvalue weighted by atomic mass is 9.53. The first kappa shape index (κ1) is 15.0. The normalized spacial score (nSPS) is 13.8. The lowest BCUT2D eigenvalue weighted by Crippen LogP contribution is -2.48. The van der Waals surface area contributed by atoms with Crippen LogP contribution in [0, 0.1) is 10.8 Å². The maximum atomic E-state index is 4.98. The zero-order valence-electron chi connectivity index (χ0n) is 13.9. The van der Waals surface area contributed by atoms with Gasteiger partial charge in [-0.05, 0) is 23.0 Å². The summed E-state index contributed by atoms with van der Waals surface area (Å²) in [5.41, 5.74) is 2.56. The van der Waals surface area contributed by atoms with Gasteiger partial charge >= 0.3 is 0 Å². The summed E-state index contributed by atoms with van der Waals surface area (Å²) < 4.78 is 0. The maximum absolute atomic E-state index is 4.98. The summed E-state index contributed by atoms with van der Waals surface area (Å²) in [7, 11) is 0. The Labute approximate surface area is 123 Å². The van der Waals surface area contributed by atoms with Crippen LogP contribution in [0.2, 0.25) is 0 Å². The molecule has 2 rings (SSSR count). The predicted molar refractivity (Wildman–Crippen MR) is 88.0 cm³/mol. The number of para-hydroxylation sites is 1. The summed E-state index contributed by atoms with van der Waals surface area (Å²) in [5, 5.41) is 1.21. The van der Waals surface area contributed by atoms with Crippen molar-refractivity contribution in [3.05, 3.63) is 42.1 Å². The van der Waals surface area contributed by atoms with E-state index in [1.165, 1.54) is 11.1 Å². The summed E-state index contributed by atoms with van der Waals surface area (Å²) >= 11 is 0. The third-order valence-corrected chi connectivity index (χ3v) is 5.11. The number of hydrogen-bond donors (Lipinski definition) is 0. The minimum atomic E-state index is 0.00400. The van der Waals surface area contributed by atoms with Gasteiger partial charge in [-0.25, -0.2) is 0 Å². The Balaban J connectivity index is 2.70. The SMILES string of the molecule is CC(C)(C)C(C)(c1ccc2ccccc2n1)C(C)(C)C. The van der Waals surface area contributed by atoms with Crippen molar-refractivity contribution in [1.82, 2.24) is 4.98 Å². The van der Waals surface area contributed by atoms with E-state index in [9.17, 15) is 0 Å². The van der Waals surface area contributed by atoms with Crippen molar-refractivity contribution in [2.45, 2.75) is 53.9 Å². The first-order valence-corrected chi connectivity index (χ1v) is 7.44. The average Bonchev–Trinajstić information content (AvgIpc) is 2.34. The quantitative estimate of drug-likeness (QED) is 0.658. The molecule has 0 unspecified atom stereocenters. The van der Waals surface area contributed by atoms with E-state index in [-0.39, 0.29) is 16.2 Å². The summed E-state index contributed by atoms with van der Waals surface area (Å²) in [6.45, 7) is 16.2. The van der Waals surface area contributed by atoms with Gasteiger partial charge in [0.15, 0.2) is 0 Å². The molecule has 1 heteroatoms. The van der Waals surface area contributed by atoms with Gasteiger partial charge in [0.1, 0.15) is 0 Å². The van der Waals surface area contributed by atoms with Crippen LogP contribution in [0.4, 0.5) is 0 Å². The second-order valence-electron chi connectivity index (χ2n) is 8.01. The zero-order valence-corrected chi connectivity index (χ0v) is 13.9. The van der Waals surface area contributed by atoms with Crippen molar-refractivity contribution in [2.24, 2.45) is 10.8 Å². The number of nitrogens with zero attached hydrogens (tertiary/aromatic N) is 1. The smallest absolute Gasteiger partial charge is 0.0705 e. The van der Waals surface area contributed by atoms with E-state index in [1.807, 2.05) is 0 Å². The largest absolute Gasteiger partial charge is 0.252 e. The Kier molecular flexibility index (Phi) is 3.44. The van der Waals surface area contributed by atoms with Gasteiger partial charge in [0.25, 0.3) is 0 Å². The molecule has 0 atom stereocenters. The highest BCUT2D eigenvalue weighted by atomic mass is 14.8. The number of benzene rings is 1. The van der Waals surface area contributed by atoms with E-state index in [0.717, 1.165) is 5.52 Å². The van der Waals surface area contributed by atoms with E-state index < -0.39 is 0 Å². The molecule has 0 aliphatic rings. The van der Waals surface area contributed by atoms with Gasteiger partial charge in [-0.1, -0.05) is 72.7 Å². The Bertz CT molecular complexity index is 597. The van der Waals surface area contributed by atoms with Crippen LogP contribution >= 0.6 is 0 Å². The molecule has 20 heavy (non-hydrogen) atoms. The van der Waals surface area contributed by atoms with Gasteiger partial charge in [0.05, 0.1) is 5.52 Å². The highest BCUT2D eigenvalue weighted by molar-refractivity contribution is 5.78. The molecule has 0 saturated carbocycles. The van der Waals surface area contributed by atoms with Crippen molar-refractivity contribution in [3.63, 3.8) is 0 Å². The molecule has 0 amide bonds. The molecule has 0 radical (unpaired) electrons.